The minimum Gasteiger partial charge on any atom is -0.352 e. The van der Waals surface area contributed by atoms with Crippen LogP contribution >= 0.6 is 15.9 Å². The highest BCUT2D eigenvalue weighted by Gasteiger charge is 2.36. The normalized spacial score (nSPS) is 13.1. The van der Waals surface area contributed by atoms with Crippen LogP contribution in [0.1, 0.15) is 35.3 Å². The largest absolute Gasteiger partial charge is 0.352 e. The second-order valence-corrected chi connectivity index (χ2v) is 11.0. The summed E-state index contributed by atoms with van der Waals surface area (Å²) in [7, 11) is 0. The molecular weight excluding hydrogens is 554 g/mol. The summed E-state index contributed by atoms with van der Waals surface area (Å²) in [5.74, 6) is -0.730. The van der Waals surface area contributed by atoms with Crippen molar-refractivity contribution in [3.8, 4) is 0 Å². The maximum atomic E-state index is 14.2. The molecule has 1 aliphatic rings. The van der Waals surface area contributed by atoms with E-state index in [-0.39, 0.29) is 36.9 Å². The molecule has 0 unspecified atom stereocenters. The lowest BCUT2D eigenvalue weighted by atomic mass is 10.0. The Labute approximate surface area is 236 Å². The molecule has 4 aromatic carbocycles. The number of hydrogen-bond acceptors (Lipinski definition) is 3. The maximum absolute atomic E-state index is 14.2. The second-order valence-electron chi connectivity index (χ2n) is 10.1. The Hall–Kier alpha value is -3.97. The first kappa shape index (κ1) is 26.6. The van der Waals surface area contributed by atoms with Crippen molar-refractivity contribution in [2.24, 2.45) is 0 Å². The van der Waals surface area contributed by atoms with Gasteiger partial charge >= 0.3 is 0 Å². The molecule has 0 aliphatic carbocycles. The van der Waals surface area contributed by atoms with E-state index < -0.39 is 6.04 Å². The summed E-state index contributed by atoms with van der Waals surface area (Å²) in [6.45, 7) is 3.86. The van der Waals surface area contributed by atoms with E-state index in [1.165, 1.54) is 4.90 Å². The van der Waals surface area contributed by atoms with E-state index >= 15 is 0 Å². The fourth-order valence-electron chi connectivity index (χ4n) is 5.13. The molecule has 0 saturated carbocycles. The summed E-state index contributed by atoms with van der Waals surface area (Å²) in [6.07, 6.45) is 0.350. The van der Waals surface area contributed by atoms with E-state index in [1.807, 2.05) is 98.8 Å². The number of rotatable bonds is 9. The highest BCUT2D eigenvalue weighted by molar-refractivity contribution is 9.10. The van der Waals surface area contributed by atoms with E-state index in [4.69, 9.17) is 0 Å². The zero-order valence-electron chi connectivity index (χ0n) is 21.9. The van der Waals surface area contributed by atoms with E-state index in [1.54, 1.807) is 11.0 Å². The predicted molar refractivity (Wildman–Crippen MR) is 158 cm³/mol. The first-order chi connectivity index (χ1) is 18.8. The van der Waals surface area contributed by atoms with Gasteiger partial charge in [-0.25, -0.2) is 0 Å². The molecule has 1 aliphatic heterocycles. The number of carbonyl (C=O) groups excluding carboxylic acids is 3. The molecule has 0 fully saturated rings. The first-order valence-electron chi connectivity index (χ1n) is 13.0. The van der Waals surface area contributed by atoms with Gasteiger partial charge in [0.1, 0.15) is 12.6 Å². The molecule has 1 heterocycles. The number of amides is 3. The summed E-state index contributed by atoms with van der Waals surface area (Å²) < 4.78 is 0.885. The van der Waals surface area contributed by atoms with Crippen LogP contribution in [0.2, 0.25) is 0 Å². The zero-order valence-corrected chi connectivity index (χ0v) is 23.5. The first-order valence-corrected chi connectivity index (χ1v) is 13.8. The summed E-state index contributed by atoms with van der Waals surface area (Å²) in [5.41, 5.74) is 3.14. The van der Waals surface area contributed by atoms with Crippen molar-refractivity contribution in [2.45, 2.75) is 38.9 Å². The monoisotopic (exact) mass is 583 g/mol. The number of nitrogens with zero attached hydrogens (tertiary/aromatic N) is 2. The third-order valence-corrected chi connectivity index (χ3v) is 7.38. The topological polar surface area (TPSA) is 69.7 Å². The van der Waals surface area contributed by atoms with E-state index in [0.29, 0.717) is 12.0 Å². The van der Waals surface area contributed by atoms with Gasteiger partial charge in [-0.15, -0.1) is 0 Å². The minimum atomic E-state index is -0.767. The SMILES string of the molecule is CC(C)NC(=O)[C@H](Cc1ccccc1)N(Cc1cccc(Br)c1)C(=O)CN1C(=O)c2cccc3cccc1c23. The van der Waals surface area contributed by atoms with Gasteiger partial charge in [0, 0.05) is 34.4 Å². The Morgan fingerprint density at radius 3 is 2.31 bits per heavy atom. The van der Waals surface area contributed by atoms with Gasteiger partial charge in [0.15, 0.2) is 0 Å². The number of hydrogen-bond donors (Lipinski definition) is 1. The van der Waals surface area contributed by atoms with Crippen molar-refractivity contribution in [1.29, 1.82) is 0 Å². The lowest BCUT2D eigenvalue weighted by Gasteiger charge is -2.33. The number of halogens is 1. The van der Waals surface area contributed by atoms with Gasteiger partial charge in [0.2, 0.25) is 11.8 Å². The van der Waals surface area contributed by atoms with Crippen LogP contribution in [0.15, 0.2) is 95.5 Å². The van der Waals surface area contributed by atoms with Gasteiger partial charge in [-0.05, 0) is 54.6 Å². The highest BCUT2D eigenvalue weighted by atomic mass is 79.9. The van der Waals surface area contributed by atoms with Crippen LogP contribution in [-0.2, 0) is 22.6 Å². The van der Waals surface area contributed by atoms with Crippen LogP contribution < -0.4 is 10.2 Å². The minimum absolute atomic E-state index is 0.0918. The maximum Gasteiger partial charge on any atom is 0.259 e. The number of nitrogens with one attached hydrogen (secondary N) is 1. The lowest BCUT2D eigenvalue weighted by molar-refractivity contribution is -0.140. The molecule has 0 bridgehead atoms. The van der Waals surface area contributed by atoms with Crippen molar-refractivity contribution in [2.75, 3.05) is 11.4 Å². The Morgan fingerprint density at radius 1 is 0.897 bits per heavy atom. The third-order valence-electron chi connectivity index (χ3n) is 6.89. The van der Waals surface area contributed by atoms with Gasteiger partial charge in [-0.2, -0.15) is 0 Å². The lowest BCUT2D eigenvalue weighted by Crippen LogP contribution is -2.54. The molecule has 0 radical (unpaired) electrons. The average molecular weight is 585 g/mol. The molecule has 4 aromatic rings. The molecule has 3 amide bonds. The summed E-state index contributed by atoms with van der Waals surface area (Å²) >= 11 is 3.52. The van der Waals surface area contributed by atoms with Gasteiger partial charge in [0.05, 0.1) is 5.69 Å². The molecule has 6 nitrogen and oxygen atoms in total. The number of anilines is 1. The summed E-state index contributed by atoms with van der Waals surface area (Å²) in [6, 6.07) is 27.9. The van der Waals surface area contributed by atoms with Gasteiger partial charge in [-0.3, -0.25) is 19.3 Å². The Balaban J connectivity index is 1.52. The van der Waals surface area contributed by atoms with Crippen LogP contribution in [0, 0.1) is 0 Å². The van der Waals surface area contributed by atoms with E-state index in [9.17, 15) is 14.4 Å². The zero-order chi connectivity index (χ0) is 27.5. The van der Waals surface area contributed by atoms with Crippen LogP contribution in [0.3, 0.4) is 0 Å². The number of benzene rings is 4. The van der Waals surface area contributed by atoms with Gasteiger partial charge in [-0.1, -0.05) is 82.7 Å². The fraction of sp³-hybridized carbons (Fsp3) is 0.219. The van der Waals surface area contributed by atoms with Crippen LogP contribution in [0.5, 0.6) is 0 Å². The van der Waals surface area contributed by atoms with Crippen molar-refractivity contribution >= 4 is 50.1 Å². The smallest absolute Gasteiger partial charge is 0.259 e. The molecule has 1 N–H and O–H groups in total. The average Bonchev–Trinajstić information content (AvgIpc) is 3.19. The fourth-order valence-corrected chi connectivity index (χ4v) is 5.58. The predicted octanol–water partition coefficient (Wildman–Crippen LogP) is 5.73. The van der Waals surface area contributed by atoms with Crippen LogP contribution in [-0.4, -0.2) is 41.2 Å². The Morgan fingerprint density at radius 2 is 1.59 bits per heavy atom. The quantitative estimate of drug-likeness (QED) is 0.274. The summed E-state index contributed by atoms with van der Waals surface area (Å²) in [4.78, 5) is 44.4. The molecule has 1 atom stereocenters. The molecule has 7 heteroatoms. The second kappa shape index (κ2) is 11.4. The molecule has 0 saturated heterocycles. The van der Waals surface area contributed by atoms with Gasteiger partial charge in [0.25, 0.3) is 5.91 Å². The van der Waals surface area contributed by atoms with Crippen LogP contribution in [0.25, 0.3) is 10.8 Å². The molecule has 39 heavy (non-hydrogen) atoms. The molecule has 5 rings (SSSR count). The van der Waals surface area contributed by atoms with Crippen molar-refractivity contribution < 1.29 is 14.4 Å². The van der Waals surface area contributed by atoms with Gasteiger partial charge < -0.3 is 10.2 Å². The van der Waals surface area contributed by atoms with Crippen molar-refractivity contribution in [3.63, 3.8) is 0 Å². The standard InChI is InChI=1S/C32H30BrN3O3/c1-21(2)34-31(38)28(18-22-9-4-3-5-10-22)35(19-23-11-6-14-25(33)17-23)29(37)20-36-27-16-8-13-24-12-7-15-26(30(24)27)32(36)39/h3-17,21,28H,18-20H2,1-2H3,(H,34,38)/t28-/m0/s1. The Kier molecular flexibility index (Phi) is 7.79. The Bertz CT molecular complexity index is 1530. The highest BCUT2D eigenvalue weighted by Crippen LogP contribution is 2.37. The molecule has 0 spiro atoms. The van der Waals surface area contributed by atoms with Crippen molar-refractivity contribution in [1.82, 2.24) is 10.2 Å². The van der Waals surface area contributed by atoms with Crippen LogP contribution in [0.4, 0.5) is 5.69 Å². The van der Waals surface area contributed by atoms with Crippen molar-refractivity contribution in [3.05, 3.63) is 112 Å². The molecule has 198 valence electrons. The molecule has 0 aromatic heterocycles. The number of carbonyl (C=O) groups is 3. The third kappa shape index (κ3) is 5.73. The molecular formula is C32H30BrN3O3. The summed E-state index contributed by atoms with van der Waals surface area (Å²) in [5, 5.41) is 4.82. The van der Waals surface area contributed by atoms with E-state index in [2.05, 4.69) is 21.2 Å². The van der Waals surface area contributed by atoms with E-state index in [0.717, 1.165) is 32.1 Å².